The summed E-state index contributed by atoms with van der Waals surface area (Å²) in [5.41, 5.74) is 2.20. The Morgan fingerprint density at radius 3 is 2.74 bits per heavy atom. The molecule has 1 amide bonds. The fourth-order valence-corrected chi connectivity index (χ4v) is 3.59. The number of hydrogen-bond donors (Lipinski definition) is 1. The largest absolute Gasteiger partial charge is 0.330 e. The summed E-state index contributed by atoms with van der Waals surface area (Å²) in [5, 5.41) is 3.06. The second-order valence-corrected chi connectivity index (χ2v) is 6.54. The van der Waals surface area contributed by atoms with Gasteiger partial charge in [0.2, 0.25) is 0 Å². The minimum absolute atomic E-state index is 0.0894. The second-order valence-electron chi connectivity index (χ2n) is 6.54. The Kier molecular flexibility index (Phi) is 3.26. The third kappa shape index (κ3) is 2.18. The van der Waals surface area contributed by atoms with Crippen LogP contribution in [0.2, 0.25) is 0 Å². The van der Waals surface area contributed by atoms with Gasteiger partial charge in [0.15, 0.2) is 5.65 Å². The van der Waals surface area contributed by atoms with E-state index in [4.69, 9.17) is 0 Å². The summed E-state index contributed by atoms with van der Waals surface area (Å²) in [6, 6.07) is 2.05. The maximum Gasteiger partial charge on any atom is 0.278 e. The topological polar surface area (TPSA) is 73.7 Å². The van der Waals surface area contributed by atoms with Crippen molar-refractivity contribution in [2.45, 2.75) is 38.8 Å². The molecule has 4 rings (SSSR count). The standard InChI is InChI=1S/C16H21N5O2/c1-3-10-8-13-17-14-12(15(22)21(13)18-10)9-20(16(14)23)11-4-6-19(2)7-5-11/h8,11,18H,3-7,9H2,1-2H3. The number of nitrogens with one attached hydrogen (secondary N) is 1. The molecule has 2 aromatic rings. The Labute approximate surface area is 133 Å². The van der Waals surface area contributed by atoms with Crippen molar-refractivity contribution in [1.82, 2.24) is 24.4 Å². The maximum absolute atomic E-state index is 12.7. The van der Waals surface area contributed by atoms with Crippen LogP contribution in [0.25, 0.3) is 5.65 Å². The molecule has 0 bridgehead atoms. The monoisotopic (exact) mass is 315 g/mol. The summed E-state index contributed by atoms with van der Waals surface area (Å²) in [5.74, 6) is -0.0894. The van der Waals surface area contributed by atoms with Crippen LogP contribution >= 0.6 is 0 Å². The molecule has 2 aliphatic rings. The van der Waals surface area contributed by atoms with Gasteiger partial charge in [0, 0.05) is 17.8 Å². The SMILES string of the molecule is CCc1cc2nc3c(c(=O)n2[nH]1)CN(C1CCN(C)CC1)C3=O. The Bertz CT molecular complexity index is 829. The first-order valence-corrected chi connectivity index (χ1v) is 8.21. The van der Waals surface area contributed by atoms with Crippen LogP contribution in [0.1, 0.15) is 41.5 Å². The summed E-state index contributed by atoms with van der Waals surface area (Å²) in [7, 11) is 2.10. The molecule has 4 heterocycles. The van der Waals surface area contributed by atoms with Crippen LogP contribution in [-0.2, 0) is 13.0 Å². The Morgan fingerprint density at radius 2 is 2.04 bits per heavy atom. The third-order valence-electron chi connectivity index (χ3n) is 5.06. The van der Waals surface area contributed by atoms with Gasteiger partial charge in [0.05, 0.1) is 12.1 Å². The lowest BCUT2D eigenvalue weighted by Gasteiger charge is -2.34. The highest BCUT2D eigenvalue weighted by Gasteiger charge is 2.37. The first kappa shape index (κ1) is 14.4. The summed E-state index contributed by atoms with van der Waals surface area (Å²) in [4.78, 5) is 34.0. The maximum atomic E-state index is 12.7. The number of carbonyl (C=O) groups excluding carboxylic acids is 1. The molecule has 2 aliphatic heterocycles. The molecule has 7 heteroatoms. The van der Waals surface area contributed by atoms with E-state index < -0.39 is 0 Å². The zero-order valence-corrected chi connectivity index (χ0v) is 13.5. The number of aromatic amines is 1. The van der Waals surface area contributed by atoms with E-state index in [2.05, 4.69) is 22.0 Å². The highest BCUT2D eigenvalue weighted by molar-refractivity contribution is 5.97. The molecule has 0 saturated carbocycles. The van der Waals surface area contributed by atoms with E-state index in [9.17, 15) is 9.59 Å². The molecule has 1 fully saturated rings. The lowest BCUT2D eigenvalue weighted by atomic mass is 10.0. The lowest BCUT2D eigenvalue weighted by Crippen LogP contribution is -2.43. The van der Waals surface area contributed by atoms with Crippen molar-refractivity contribution in [3.8, 4) is 0 Å². The van der Waals surface area contributed by atoms with Crippen molar-refractivity contribution >= 4 is 11.6 Å². The van der Waals surface area contributed by atoms with Crippen LogP contribution in [0.4, 0.5) is 0 Å². The van der Waals surface area contributed by atoms with Gasteiger partial charge in [0.25, 0.3) is 11.5 Å². The Hall–Kier alpha value is -2.15. The van der Waals surface area contributed by atoms with Gasteiger partial charge in [-0.1, -0.05) is 6.92 Å². The molecule has 1 saturated heterocycles. The van der Waals surface area contributed by atoms with Crippen molar-refractivity contribution in [2.24, 2.45) is 0 Å². The molecule has 0 unspecified atom stereocenters. The van der Waals surface area contributed by atoms with Crippen molar-refractivity contribution < 1.29 is 4.79 Å². The number of aromatic nitrogens is 3. The van der Waals surface area contributed by atoms with E-state index in [0.717, 1.165) is 38.0 Å². The molecular weight excluding hydrogens is 294 g/mol. The van der Waals surface area contributed by atoms with Crippen LogP contribution < -0.4 is 5.56 Å². The number of piperidine rings is 1. The summed E-state index contributed by atoms with van der Waals surface area (Å²) >= 11 is 0. The molecule has 2 aromatic heterocycles. The number of amides is 1. The number of carbonyl (C=O) groups is 1. The number of rotatable bonds is 2. The summed E-state index contributed by atoms with van der Waals surface area (Å²) < 4.78 is 1.46. The quantitative estimate of drug-likeness (QED) is 0.882. The van der Waals surface area contributed by atoms with Gasteiger partial charge >= 0.3 is 0 Å². The number of nitrogens with zero attached hydrogens (tertiary/aromatic N) is 4. The highest BCUT2D eigenvalue weighted by atomic mass is 16.2. The van der Waals surface area contributed by atoms with Crippen LogP contribution in [-0.4, -0.2) is 56.5 Å². The second kappa shape index (κ2) is 5.19. The van der Waals surface area contributed by atoms with E-state index in [1.54, 1.807) is 0 Å². The lowest BCUT2D eigenvalue weighted by molar-refractivity contribution is 0.0613. The average molecular weight is 315 g/mol. The van der Waals surface area contributed by atoms with E-state index in [-0.39, 0.29) is 17.5 Å². The Balaban J connectivity index is 1.71. The Morgan fingerprint density at radius 1 is 1.30 bits per heavy atom. The normalized spacial score (nSPS) is 19.7. The van der Waals surface area contributed by atoms with Gasteiger partial charge < -0.3 is 9.80 Å². The minimum atomic E-state index is -0.145. The van der Waals surface area contributed by atoms with Crippen LogP contribution in [0.3, 0.4) is 0 Å². The van der Waals surface area contributed by atoms with E-state index in [0.29, 0.717) is 23.4 Å². The first-order valence-electron chi connectivity index (χ1n) is 8.21. The predicted octanol–water partition coefficient (Wildman–Crippen LogP) is 0.635. The number of H-pyrrole nitrogens is 1. The number of likely N-dealkylation sites (tertiary alicyclic amines) is 1. The van der Waals surface area contributed by atoms with Gasteiger partial charge in [0.1, 0.15) is 5.69 Å². The molecule has 122 valence electrons. The highest BCUT2D eigenvalue weighted by Crippen LogP contribution is 2.26. The van der Waals surface area contributed by atoms with E-state index in [1.807, 2.05) is 17.9 Å². The van der Waals surface area contributed by atoms with Gasteiger partial charge in [-0.3, -0.25) is 14.7 Å². The van der Waals surface area contributed by atoms with Gasteiger partial charge in [-0.25, -0.2) is 9.50 Å². The summed E-state index contributed by atoms with van der Waals surface area (Å²) in [6.07, 6.45) is 2.70. The smallest absolute Gasteiger partial charge is 0.278 e. The van der Waals surface area contributed by atoms with Gasteiger partial charge in [-0.15, -0.1) is 0 Å². The fraction of sp³-hybridized carbons (Fsp3) is 0.562. The van der Waals surface area contributed by atoms with Crippen LogP contribution in [0, 0.1) is 0 Å². The zero-order chi connectivity index (χ0) is 16.1. The van der Waals surface area contributed by atoms with Crippen molar-refractivity contribution in [3.63, 3.8) is 0 Å². The number of fused-ring (bicyclic) bond motifs is 2. The predicted molar refractivity (Wildman–Crippen MR) is 85.6 cm³/mol. The molecular formula is C16H21N5O2. The van der Waals surface area contributed by atoms with Crippen molar-refractivity contribution in [3.05, 3.63) is 33.4 Å². The molecule has 0 atom stereocenters. The minimum Gasteiger partial charge on any atom is -0.330 e. The third-order valence-corrected chi connectivity index (χ3v) is 5.06. The average Bonchev–Trinajstić information content (AvgIpc) is 3.11. The zero-order valence-electron chi connectivity index (χ0n) is 13.5. The first-order chi connectivity index (χ1) is 11.1. The fourth-order valence-electron chi connectivity index (χ4n) is 3.59. The molecule has 1 N–H and O–H groups in total. The molecule has 7 nitrogen and oxygen atoms in total. The molecule has 23 heavy (non-hydrogen) atoms. The van der Waals surface area contributed by atoms with Gasteiger partial charge in [-0.05, 0) is 39.4 Å². The van der Waals surface area contributed by atoms with Crippen LogP contribution in [0.15, 0.2) is 10.9 Å². The van der Waals surface area contributed by atoms with Crippen molar-refractivity contribution in [1.29, 1.82) is 0 Å². The summed E-state index contributed by atoms with van der Waals surface area (Å²) in [6.45, 7) is 4.37. The molecule has 0 aromatic carbocycles. The molecule has 0 spiro atoms. The van der Waals surface area contributed by atoms with Gasteiger partial charge in [-0.2, -0.15) is 0 Å². The molecule has 0 radical (unpaired) electrons. The molecule has 0 aliphatic carbocycles. The van der Waals surface area contributed by atoms with E-state index in [1.165, 1.54) is 4.52 Å². The number of aryl methyl sites for hydroxylation is 1. The van der Waals surface area contributed by atoms with Crippen molar-refractivity contribution in [2.75, 3.05) is 20.1 Å². The van der Waals surface area contributed by atoms with Crippen LogP contribution in [0.5, 0.6) is 0 Å². The van der Waals surface area contributed by atoms with E-state index >= 15 is 0 Å². The number of hydrogen-bond acceptors (Lipinski definition) is 4.